The molecule has 0 spiro atoms. The average Bonchev–Trinajstić information content (AvgIpc) is 2.49. The molecule has 1 aliphatic heterocycles. The van der Waals surface area contributed by atoms with E-state index in [2.05, 4.69) is 9.64 Å². The SMILES string of the molecule is CN(CC(=O)O)C1CCN(Cc2ccc(OC(F)F)cc2)CC1.Cl. The van der Waals surface area contributed by atoms with E-state index in [-0.39, 0.29) is 24.7 Å². The van der Waals surface area contributed by atoms with Crippen LogP contribution in [-0.4, -0.2) is 60.2 Å². The first kappa shape index (κ1) is 20.6. The minimum Gasteiger partial charge on any atom is -0.480 e. The topological polar surface area (TPSA) is 53.0 Å². The number of alkyl halides is 2. The van der Waals surface area contributed by atoms with Crippen molar-refractivity contribution >= 4 is 18.4 Å². The number of likely N-dealkylation sites (N-methyl/N-ethyl adjacent to an activating group) is 1. The lowest BCUT2D eigenvalue weighted by molar-refractivity contribution is -0.138. The average molecular weight is 365 g/mol. The van der Waals surface area contributed by atoms with E-state index < -0.39 is 12.6 Å². The van der Waals surface area contributed by atoms with Gasteiger partial charge in [-0.3, -0.25) is 14.6 Å². The summed E-state index contributed by atoms with van der Waals surface area (Å²) in [5.41, 5.74) is 1.05. The Kier molecular flexibility index (Phi) is 8.38. The van der Waals surface area contributed by atoms with Crippen molar-refractivity contribution in [2.24, 2.45) is 0 Å². The minimum atomic E-state index is -2.80. The van der Waals surface area contributed by atoms with Crippen molar-refractivity contribution in [1.82, 2.24) is 9.80 Å². The molecule has 0 bridgehead atoms. The summed E-state index contributed by atoms with van der Waals surface area (Å²) in [6.07, 6.45) is 1.85. The lowest BCUT2D eigenvalue weighted by Crippen LogP contribution is -2.44. The number of carboxylic acids is 1. The number of piperidine rings is 1. The van der Waals surface area contributed by atoms with Crippen LogP contribution >= 0.6 is 12.4 Å². The largest absolute Gasteiger partial charge is 0.480 e. The second-order valence-electron chi connectivity index (χ2n) is 5.84. The first-order valence-electron chi connectivity index (χ1n) is 7.62. The van der Waals surface area contributed by atoms with Crippen molar-refractivity contribution in [3.63, 3.8) is 0 Å². The van der Waals surface area contributed by atoms with Gasteiger partial charge in [-0.05, 0) is 50.7 Å². The fourth-order valence-electron chi connectivity index (χ4n) is 2.90. The molecule has 24 heavy (non-hydrogen) atoms. The Morgan fingerprint density at radius 3 is 2.42 bits per heavy atom. The van der Waals surface area contributed by atoms with Crippen molar-refractivity contribution in [3.05, 3.63) is 29.8 Å². The number of hydrogen-bond acceptors (Lipinski definition) is 4. The molecule has 136 valence electrons. The van der Waals surface area contributed by atoms with E-state index in [4.69, 9.17) is 5.11 Å². The van der Waals surface area contributed by atoms with Crippen molar-refractivity contribution in [1.29, 1.82) is 0 Å². The first-order valence-corrected chi connectivity index (χ1v) is 7.62. The van der Waals surface area contributed by atoms with Crippen LogP contribution in [0.5, 0.6) is 5.75 Å². The van der Waals surface area contributed by atoms with Crippen LogP contribution in [0.3, 0.4) is 0 Å². The van der Waals surface area contributed by atoms with Gasteiger partial charge in [0, 0.05) is 12.6 Å². The molecule has 8 heteroatoms. The number of likely N-dealkylation sites (tertiary alicyclic amines) is 1. The number of hydrogen-bond donors (Lipinski definition) is 1. The molecule has 0 amide bonds. The fraction of sp³-hybridized carbons (Fsp3) is 0.562. The van der Waals surface area contributed by atoms with Crippen LogP contribution in [0.2, 0.25) is 0 Å². The fourth-order valence-corrected chi connectivity index (χ4v) is 2.90. The van der Waals surface area contributed by atoms with Gasteiger partial charge in [0.25, 0.3) is 0 Å². The summed E-state index contributed by atoms with van der Waals surface area (Å²) in [6, 6.07) is 6.98. The van der Waals surface area contributed by atoms with E-state index in [0.717, 1.165) is 38.0 Å². The van der Waals surface area contributed by atoms with Gasteiger partial charge < -0.3 is 9.84 Å². The molecule has 1 heterocycles. The number of benzene rings is 1. The van der Waals surface area contributed by atoms with Crippen molar-refractivity contribution in [2.45, 2.75) is 32.0 Å². The van der Waals surface area contributed by atoms with Crippen molar-refractivity contribution in [2.75, 3.05) is 26.7 Å². The number of aliphatic carboxylic acids is 1. The van der Waals surface area contributed by atoms with Crippen LogP contribution in [0.4, 0.5) is 8.78 Å². The van der Waals surface area contributed by atoms with Crippen molar-refractivity contribution in [3.8, 4) is 5.75 Å². The maximum Gasteiger partial charge on any atom is 0.387 e. The highest BCUT2D eigenvalue weighted by Crippen LogP contribution is 2.19. The van der Waals surface area contributed by atoms with Gasteiger partial charge in [0.05, 0.1) is 6.54 Å². The predicted molar refractivity (Wildman–Crippen MR) is 88.9 cm³/mol. The Hall–Kier alpha value is -1.44. The maximum atomic E-state index is 12.1. The smallest absolute Gasteiger partial charge is 0.387 e. The monoisotopic (exact) mass is 364 g/mol. The highest BCUT2D eigenvalue weighted by atomic mass is 35.5. The summed E-state index contributed by atoms with van der Waals surface area (Å²) in [7, 11) is 1.84. The van der Waals surface area contributed by atoms with Gasteiger partial charge in [0.15, 0.2) is 0 Å². The van der Waals surface area contributed by atoms with E-state index in [1.165, 1.54) is 0 Å². The molecule has 0 atom stereocenters. The third kappa shape index (κ3) is 6.59. The zero-order valence-electron chi connectivity index (χ0n) is 13.5. The van der Waals surface area contributed by atoms with Crippen LogP contribution < -0.4 is 4.74 Å². The Morgan fingerprint density at radius 2 is 1.92 bits per heavy atom. The van der Waals surface area contributed by atoms with E-state index >= 15 is 0 Å². The summed E-state index contributed by atoms with van der Waals surface area (Å²) in [4.78, 5) is 14.9. The predicted octanol–water partition coefficient (Wildman–Crippen LogP) is 2.69. The second-order valence-corrected chi connectivity index (χ2v) is 5.84. The number of carboxylic acid groups (broad SMARTS) is 1. The molecule has 0 aliphatic carbocycles. The molecule has 0 aromatic heterocycles. The molecule has 0 unspecified atom stereocenters. The van der Waals surface area contributed by atoms with Crippen LogP contribution in [0.25, 0.3) is 0 Å². The minimum absolute atomic E-state index is 0. The number of ether oxygens (including phenoxy) is 1. The zero-order chi connectivity index (χ0) is 16.8. The molecular weight excluding hydrogens is 342 g/mol. The first-order chi connectivity index (χ1) is 10.9. The Labute approximate surface area is 146 Å². The van der Waals surface area contributed by atoms with Gasteiger partial charge in [-0.2, -0.15) is 8.78 Å². The van der Waals surface area contributed by atoms with Gasteiger partial charge in [-0.15, -0.1) is 12.4 Å². The van der Waals surface area contributed by atoms with Gasteiger partial charge >= 0.3 is 12.6 Å². The molecule has 1 N–H and O–H groups in total. The third-order valence-electron chi connectivity index (χ3n) is 4.12. The normalized spacial score (nSPS) is 16.2. The summed E-state index contributed by atoms with van der Waals surface area (Å²) in [5, 5.41) is 8.83. The molecule has 0 radical (unpaired) electrons. The molecule has 1 aliphatic rings. The molecule has 1 saturated heterocycles. The zero-order valence-corrected chi connectivity index (χ0v) is 14.3. The summed E-state index contributed by atoms with van der Waals surface area (Å²) < 4.78 is 28.5. The van der Waals surface area contributed by atoms with E-state index in [9.17, 15) is 13.6 Å². The molecule has 2 rings (SSSR count). The lowest BCUT2D eigenvalue weighted by atomic mass is 10.0. The number of nitrogens with zero attached hydrogens (tertiary/aromatic N) is 2. The third-order valence-corrected chi connectivity index (χ3v) is 4.12. The Balaban J connectivity index is 0.00000288. The molecular formula is C16H23ClF2N2O3. The highest BCUT2D eigenvalue weighted by Gasteiger charge is 2.23. The van der Waals surface area contributed by atoms with Gasteiger partial charge in [-0.25, -0.2) is 0 Å². The number of halogens is 3. The Bertz CT molecular complexity index is 509. The molecule has 1 aromatic rings. The van der Waals surface area contributed by atoms with E-state index in [1.54, 1.807) is 24.3 Å². The van der Waals surface area contributed by atoms with Crippen LogP contribution in [0, 0.1) is 0 Å². The second kappa shape index (κ2) is 9.76. The van der Waals surface area contributed by atoms with Crippen LogP contribution in [-0.2, 0) is 11.3 Å². The Morgan fingerprint density at radius 1 is 1.33 bits per heavy atom. The standard InChI is InChI=1S/C16H22F2N2O3.ClH/c1-19(11-15(21)22)13-6-8-20(9-7-13)10-12-2-4-14(5-3-12)23-16(17)18;/h2-5,13,16H,6-11H2,1H3,(H,21,22);1H. The highest BCUT2D eigenvalue weighted by molar-refractivity contribution is 5.85. The number of rotatable bonds is 7. The van der Waals surface area contributed by atoms with Gasteiger partial charge in [0.1, 0.15) is 5.75 Å². The quantitative estimate of drug-likeness (QED) is 0.806. The van der Waals surface area contributed by atoms with Gasteiger partial charge in [0.2, 0.25) is 0 Å². The number of carbonyl (C=O) groups is 1. The molecule has 0 saturated carbocycles. The van der Waals surface area contributed by atoms with E-state index in [1.807, 2.05) is 11.9 Å². The van der Waals surface area contributed by atoms with Crippen molar-refractivity contribution < 1.29 is 23.4 Å². The molecule has 1 fully saturated rings. The van der Waals surface area contributed by atoms with E-state index in [0.29, 0.717) is 6.04 Å². The molecule has 5 nitrogen and oxygen atoms in total. The summed E-state index contributed by atoms with van der Waals surface area (Å²) in [5.74, 6) is -0.640. The summed E-state index contributed by atoms with van der Waals surface area (Å²) in [6.45, 7) is -0.198. The lowest BCUT2D eigenvalue weighted by Gasteiger charge is -2.36. The van der Waals surface area contributed by atoms with Gasteiger partial charge in [-0.1, -0.05) is 12.1 Å². The molecule has 1 aromatic carbocycles. The summed E-state index contributed by atoms with van der Waals surface area (Å²) >= 11 is 0. The van der Waals surface area contributed by atoms with Crippen LogP contribution in [0.15, 0.2) is 24.3 Å². The van der Waals surface area contributed by atoms with Crippen LogP contribution in [0.1, 0.15) is 18.4 Å². The maximum absolute atomic E-state index is 12.1.